The van der Waals surface area contributed by atoms with Gasteiger partial charge in [0.25, 0.3) is 0 Å². The topological polar surface area (TPSA) is 99.4 Å². The zero-order valence-corrected chi connectivity index (χ0v) is 10.5. The van der Waals surface area contributed by atoms with Crippen LogP contribution in [0.25, 0.3) is 0 Å². The van der Waals surface area contributed by atoms with E-state index < -0.39 is 37.3 Å². The van der Waals surface area contributed by atoms with Gasteiger partial charge in [0.15, 0.2) is 0 Å². The van der Waals surface area contributed by atoms with Crippen molar-refractivity contribution in [2.24, 2.45) is 0 Å². The summed E-state index contributed by atoms with van der Waals surface area (Å²) in [6.07, 6.45) is -6.31. The Morgan fingerprint density at radius 2 is 1.79 bits per heavy atom. The molecule has 0 amide bonds. The summed E-state index contributed by atoms with van der Waals surface area (Å²) in [5.74, 6) is 0.506. The molecule has 0 aromatic heterocycles. The van der Waals surface area contributed by atoms with Crippen LogP contribution in [0.5, 0.6) is 5.75 Å². The number of hydrogen-bond donors (Lipinski definition) is 4. The van der Waals surface area contributed by atoms with E-state index in [1.54, 1.807) is 12.1 Å². The van der Waals surface area contributed by atoms with Crippen molar-refractivity contribution in [3.05, 3.63) is 29.8 Å². The highest BCUT2D eigenvalue weighted by molar-refractivity contribution is 5.31. The summed E-state index contributed by atoms with van der Waals surface area (Å²) in [5, 5.41) is 38.2. The minimum Gasteiger partial charge on any atom is -0.462 e. The van der Waals surface area contributed by atoms with Gasteiger partial charge in [0, 0.05) is 0 Å². The Morgan fingerprint density at radius 3 is 2.42 bits per heavy atom. The van der Waals surface area contributed by atoms with E-state index in [0.717, 1.165) is 5.56 Å². The Hall–Kier alpha value is -1.18. The molecule has 1 aliphatic heterocycles. The molecule has 2 rings (SSSR count). The number of aliphatic hydroxyl groups is 4. The Labute approximate surface area is 110 Å². The van der Waals surface area contributed by atoms with Gasteiger partial charge in [-0.15, -0.1) is 0 Å². The van der Waals surface area contributed by atoms with Crippen molar-refractivity contribution in [3.8, 4) is 5.75 Å². The fraction of sp³-hybridized carbons (Fsp3) is 0.538. The van der Waals surface area contributed by atoms with Gasteiger partial charge in [-0.05, 0) is 18.6 Å². The zero-order valence-electron chi connectivity index (χ0n) is 10.5. The van der Waals surface area contributed by atoms with E-state index in [9.17, 15) is 15.3 Å². The second-order valence-electron chi connectivity index (χ2n) is 4.58. The molecule has 0 aliphatic carbocycles. The third-order valence-electron chi connectivity index (χ3n) is 3.19. The summed E-state index contributed by atoms with van der Waals surface area (Å²) < 4.78 is 10.8. The highest BCUT2D eigenvalue weighted by Crippen LogP contribution is 2.25. The maximum Gasteiger partial charge on any atom is 0.229 e. The molecule has 1 aromatic rings. The molecule has 0 radical (unpaired) electrons. The molecule has 6 nitrogen and oxygen atoms in total. The lowest BCUT2D eigenvalue weighted by atomic mass is 9.99. The van der Waals surface area contributed by atoms with Gasteiger partial charge in [-0.25, -0.2) is 0 Å². The molecule has 1 aliphatic rings. The quantitative estimate of drug-likeness (QED) is 0.572. The molecule has 0 unspecified atom stereocenters. The molecule has 1 heterocycles. The number of hydrogen-bond acceptors (Lipinski definition) is 6. The molecular weight excluding hydrogens is 252 g/mol. The number of para-hydroxylation sites is 1. The lowest BCUT2D eigenvalue weighted by Gasteiger charge is -2.39. The first-order chi connectivity index (χ1) is 9.04. The number of ether oxygens (including phenoxy) is 2. The summed E-state index contributed by atoms with van der Waals surface area (Å²) >= 11 is 0. The Morgan fingerprint density at radius 1 is 1.11 bits per heavy atom. The zero-order chi connectivity index (χ0) is 14.0. The molecule has 5 atom stereocenters. The van der Waals surface area contributed by atoms with Gasteiger partial charge in [0.05, 0.1) is 6.61 Å². The average Bonchev–Trinajstić information content (AvgIpc) is 2.41. The molecule has 106 valence electrons. The monoisotopic (exact) mass is 270 g/mol. The maximum atomic E-state index is 9.83. The van der Waals surface area contributed by atoms with Crippen LogP contribution in [0, 0.1) is 6.92 Å². The largest absolute Gasteiger partial charge is 0.462 e. The SMILES string of the molecule is Cc1ccccc1O[C@H]1O[C@H](CO)[C@@H](O)[C@H](O)[C@H]1O. The molecule has 6 heteroatoms. The van der Waals surface area contributed by atoms with Gasteiger partial charge in [-0.2, -0.15) is 0 Å². The van der Waals surface area contributed by atoms with Gasteiger partial charge in [-0.1, -0.05) is 18.2 Å². The van der Waals surface area contributed by atoms with E-state index in [1.165, 1.54) is 0 Å². The molecular formula is C13H18O6. The van der Waals surface area contributed by atoms with Crippen LogP contribution in [0.2, 0.25) is 0 Å². The first-order valence-electron chi connectivity index (χ1n) is 6.07. The van der Waals surface area contributed by atoms with E-state index in [2.05, 4.69) is 0 Å². The third-order valence-corrected chi connectivity index (χ3v) is 3.19. The fourth-order valence-corrected chi connectivity index (χ4v) is 1.98. The predicted molar refractivity (Wildman–Crippen MR) is 65.6 cm³/mol. The van der Waals surface area contributed by atoms with Gasteiger partial charge in [0.1, 0.15) is 30.2 Å². The number of aryl methyl sites for hydroxylation is 1. The van der Waals surface area contributed by atoms with E-state index in [4.69, 9.17) is 14.6 Å². The normalized spacial score (nSPS) is 35.1. The van der Waals surface area contributed by atoms with Crippen LogP contribution in [-0.4, -0.2) is 57.7 Å². The Balaban J connectivity index is 2.13. The summed E-state index contributed by atoms with van der Waals surface area (Å²) in [7, 11) is 0. The molecule has 1 aromatic carbocycles. The third kappa shape index (κ3) is 2.88. The van der Waals surface area contributed by atoms with Crippen LogP contribution in [-0.2, 0) is 4.74 Å². The van der Waals surface area contributed by atoms with Gasteiger partial charge in [-0.3, -0.25) is 0 Å². The molecule has 0 bridgehead atoms. The number of benzene rings is 1. The number of rotatable bonds is 3. The standard InChI is InChI=1S/C13H18O6/c1-7-4-2-3-5-8(7)18-13-12(17)11(16)10(15)9(6-14)19-13/h2-5,9-17H,6H2,1H3/t9-,10-,11+,12-,13+/m1/s1. The smallest absolute Gasteiger partial charge is 0.229 e. The van der Waals surface area contributed by atoms with Crippen molar-refractivity contribution >= 4 is 0 Å². The minimum atomic E-state index is -1.43. The summed E-state index contributed by atoms with van der Waals surface area (Å²) in [6, 6.07) is 7.15. The van der Waals surface area contributed by atoms with Crippen LogP contribution in [0.1, 0.15) is 5.56 Å². The summed E-state index contributed by atoms with van der Waals surface area (Å²) in [6.45, 7) is 1.36. The van der Waals surface area contributed by atoms with Gasteiger partial charge in [0.2, 0.25) is 6.29 Å². The molecule has 4 N–H and O–H groups in total. The van der Waals surface area contributed by atoms with E-state index in [0.29, 0.717) is 5.75 Å². The van der Waals surface area contributed by atoms with Crippen molar-refractivity contribution in [2.45, 2.75) is 37.6 Å². The number of aliphatic hydroxyl groups excluding tert-OH is 4. The van der Waals surface area contributed by atoms with Crippen LogP contribution in [0.3, 0.4) is 0 Å². The second-order valence-corrected chi connectivity index (χ2v) is 4.58. The van der Waals surface area contributed by atoms with Crippen molar-refractivity contribution in [1.29, 1.82) is 0 Å². The highest BCUT2D eigenvalue weighted by Gasteiger charge is 2.44. The van der Waals surface area contributed by atoms with Crippen LogP contribution >= 0.6 is 0 Å². The van der Waals surface area contributed by atoms with Crippen LogP contribution < -0.4 is 4.74 Å². The Kier molecular flexibility index (Phi) is 4.38. The molecule has 1 saturated heterocycles. The lowest BCUT2D eigenvalue weighted by molar-refractivity contribution is -0.277. The van der Waals surface area contributed by atoms with Crippen molar-refractivity contribution in [1.82, 2.24) is 0 Å². The van der Waals surface area contributed by atoms with Gasteiger partial charge < -0.3 is 29.9 Å². The average molecular weight is 270 g/mol. The highest BCUT2D eigenvalue weighted by atomic mass is 16.7. The van der Waals surface area contributed by atoms with E-state index >= 15 is 0 Å². The predicted octanol–water partition coefficient (Wildman–Crippen LogP) is -0.826. The summed E-state index contributed by atoms with van der Waals surface area (Å²) in [5.41, 5.74) is 0.847. The first-order valence-corrected chi connectivity index (χ1v) is 6.07. The first kappa shape index (κ1) is 14.2. The van der Waals surface area contributed by atoms with Crippen molar-refractivity contribution in [3.63, 3.8) is 0 Å². The van der Waals surface area contributed by atoms with Crippen LogP contribution in [0.15, 0.2) is 24.3 Å². The molecule has 0 saturated carbocycles. The van der Waals surface area contributed by atoms with E-state index in [1.807, 2.05) is 19.1 Å². The van der Waals surface area contributed by atoms with Crippen molar-refractivity contribution < 1.29 is 29.9 Å². The molecule has 0 spiro atoms. The van der Waals surface area contributed by atoms with Gasteiger partial charge >= 0.3 is 0 Å². The van der Waals surface area contributed by atoms with Crippen LogP contribution in [0.4, 0.5) is 0 Å². The second kappa shape index (κ2) is 5.85. The fourth-order valence-electron chi connectivity index (χ4n) is 1.98. The maximum absolute atomic E-state index is 9.83. The van der Waals surface area contributed by atoms with Crippen molar-refractivity contribution in [2.75, 3.05) is 6.61 Å². The lowest BCUT2D eigenvalue weighted by Crippen LogP contribution is -2.60. The molecule has 19 heavy (non-hydrogen) atoms. The molecule has 1 fully saturated rings. The van der Waals surface area contributed by atoms with E-state index in [-0.39, 0.29) is 0 Å². The minimum absolute atomic E-state index is 0.474. The summed E-state index contributed by atoms with van der Waals surface area (Å²) in [4.78, 5) is 0. The Bertz CT molecular complexity index is 421.